The Morgan fingerprint density at radius 3 is 2.44 bits per heavy atom. The molecule has 0 radical (unpaired) electrons. The Kier molecular flexibility index (Phi) is 7.95. The van der Waals surface area contributed by atoms with E-state index in [-0.39, 0.29) is 13.0 Å². The van der Waals surface area contributed by atoms with Crippen LogP contribution in [0.4, 0.5) is 5.69 Å². The third kappa shape index (κ3) is 6.83. The number of carbonyl (C=O) groups is 2. The van der Waals surface area contributed by atoms with E-state index in [4.69, 9.17) is 25.8 Å². The minimum absolute atomic E-state index is 0.0247. The first-order chi connectivity index (χ1) is 13.0. The van der Waals surface area contributed by atoms with E-state index in [1.807, 2.05) is 13.8 Å². The molecule has 6 nitrogen and oxygen atoms in total. The van der Waals surface area contributed by atoms with Crippen LogP contribution in [0.15, 0.2) is 42.5 Å². The summed E-state index contributed by atoms with van der Waals surface area (Å²) < 4.78 is 16.1. The Morgan fingerprint density at radius 1 is 1.00 bits per heavy atom. The molecular formula is C20H22ClNO5. The molecule has 0 saturated carbocycles. The molecule has 0 aliphatic heterocycles. The van der Waals surface area contributed by atoms with Crippen molar-refractivity contribution in [3.63, 3.8) is 0 Å². The van der Waals surface area contributed by atoms with Gasteiger partial charge < -0.3 is 19.5 Å². The predicted octanol–water partition coefficient (Wildman–Crippen LogP) is 3.86. The molecule has 7 heteroatoms. The molecule has 0 fully saturated rings. The lowest BCUT2D eigenvalue weighted by molar-refractivity contribution is -0.146. The maximum atomic E-state index is 12.0. The third-order valence-electron chi connectivity index (χ3n) is 3.43. The first kappa shape index (κ1) is 20.6. The number of carbonyl (C=O) groups excluding carboxylic acids is 2. The highest BCUT2D eigenvalue weighted by Crippen LogP contribution is 2.28. The van der Waals surface area contributed by atoms with Gasteiger partial charge in [-0.2, -0.15) is 0 Å². The van der Waals surface area contributed by atoms with Crippen molar-refractivity contribution in [2.75, 3.05) is 25.1 Å². The first-order valence-electron chi connectivity index (χ1n) is 8.61. The van der Waals surface area contributed by atoms with Crippen molar-refractivity contribution < 1.29 is 23.8 Å². The highest BCUT2D eigenvalue weighted by molar-refractivity contribution is 6.30. The zero-order valence-corrected chi connectivity index (χ0v) is 16.0. The van der Waals surface area contributed by atoms with Crippen LogP contribution in [0.1, 0.15) is 19.4 Å². The fraction of sp³-hybridized carbons (Fsp3) is 0.300. The first-order valence-corrected chi connectivity index (χ1v) is 8.99. The summed E-state index contributed by atoms with van der Waals surface area (Å²) in [6.07, 6.45) is 0.0247. The molecule has 27 heavy (non-hydrogen) atoms. The second-order valence-electron chi connectivity index (χ2n) is 5.54. The summed E-state index contributed by atoms with van der Waals surface area (Å²) in [5.41, 5.74) is 1.25. The molecule has 0 atom stereocenters. The Bertz CT molecular complexity index is 794. The standard InChI is InChI=1S/C20H22ClNO5/c1-3-25-17-9-8-14(10-18(17)26-4-2)11-20(24)27-13-19(23)22-16-7-5-6-15(21)12-16/h5-10,12H,3-4,11,13H2,1-2H3,(H,22,23). The van der Waals surface area contributed by atoms with Gasteiger partial charge in [-0.1, -0.05) is 23.7 Å². The van der Waals surface area contributed by atoms with Gasteiger partial charge in [-0.3, -0.25) is 9.59 Å². The zero-order chi connectivity index (χ0) is 19.6. The average Bonchev–Trinajstić information content (AvgIpc) is 2.62. The largest absolute Gasteiger partial charge is 0.490 e. The summed E-state index contributed by atoms with van der Waals surface area (Å²) in [7, 11) is 0. The van der Waals surface area contributed by atoms with E-state index in [9.17, 15) is 9.59 Å². The van der Waals surface area contributed by atoms with Gasteiger partial charge in [0.1, 0.15) is 0 Å². The number of anilines is 1. The molecule has 0 bridgehead atoms. The molecular weight excluding hydrogens is 370 g/mol. The van der Waals surface area contributed by atoms with Crippen LogP contribution in [0.5, 0.6) is 11.5 Å². The predicted molar refractivity (Wildman–Crippen MR) is 104 cm³/mol. The highest BCUT2D eigenvalue weighted by atomic mass is 35.5. The molecule has 144 valence electrons. The van der Waals surface area contributed by atoms with Crippen LogP contribution in [0.25, 0.3) is 0 Å². The fourth-order valence-corrected chi connectivity index (χ4v) is 2.52. The van der Waals surface area contributed by atoms with Crippen LogP contribution in [-0.2, 0) is 20.7 Å². The second kappa shape index (κ2) is 10.4. The van der Waals surface area contributed by atoms with Crippen molar-refractivity contribution in [3.05, 3.63) is 53.1 Å². The number of halogens is 1. The van der Waals surface area contributed by atoms with Crippen molar-refractivity contribution in [2.45, 2.75) is 20.3 Å². The van der Waals surface area contributed by atoms with E-state index in [1.165, 1.54) is 0 Å². The van der Waals surface area contributed by atoms with E-state index in [0.29, 0.717) is 41.0 Å². The molecule has 0 aromatic heterocycles. The number of esters is 1. The molecule has 0 saturated heterocycles. The van der Waals surface area contributed by atoms with Crippen LogP contribution in [0, 0.1) is 0 Å². The van der Waals surface area contributed by atoms with Crippen molar-refractivity contribution in [1.82, 2.24) is 0 Å². The Morgan fingerprint density at radius 2 is 1.74 bits per heavy atom. The van der Waals surface area contributed by atoms with E-state index in [1.54, 1.807) is 42.5 Å². The van der Waals surface area contributed by atoms with Crippen LogP contribution >= 0.6 is 11.6 Å². The quantitative estimate of drug-likeness (QED) is 0.657. The SMILES string of the molecule is CCOc1ccc(CC(=O)OCC(=O)Nc2cccc(Cl)c2)cc1OCC. The van der Waals surface area contributed by atoms with Gasteiger partial charge in [0.25, 0.3) is 5.91 Å². The molecule has 0 spiro atoms. The van der Waals surface area contributed by atoms with Crippen LogP contribution in [-0.4, -0.2) is 31.7 Å². The molecule has 0 aliphatic carbocycles. The van der Waals surface area contributed by atoms with Crippen molar-refractivity contribution in [3.8, 4) is 11.5 Å². The lowest BCUT2D eigenvalue weighted by atomic mass is 10.1. The Hall–Kier alpha value is -2.73. The van der Waals surface area contributed by atoms with Gasteiger partial charge in [-0.15, -0.1) is 0 Å². The monoisotopic (exact) mass is 391 g/mol. The molecule has 1 N–H and O–H groups in total. The summed E-state index contributed by atoms with van der Waals surface area (Å²) >= 11 is 5.86. The lowest BCUT2D eigenvalue weighted by Crippen LogP contribution is -2.21. The van der Waals surface area contributed by atoms with Gasteiger partial charge in [-0.05, 0) is 49.7 Å². The molecule has 2 aromatic rings. The summed E-state index contributed by atoms with van der Waals surface area (Å²) in [6, 6.07) is 12.0. The maximum Gasteiger partial charge on any atom is 0.310 e. The number of rotatable bonds is 9. The van der Waals surface area contributed by atoms with Crippen molar-refractivity contribution in [2.24, 2.45) is 0 Å². The van der Waals surface area contributed by atoms with Crippen LogP contribution in [0.2, 0.25) is 5.02 Å². The van der Waals surface area contributed by atoms with E-state index in [2.05, 4.69) is 5.32 Å². The van der Waals surface area contributed by atoms with Gasteiger partial charge in [0.2, 0.25) is 0 Å². The summed E-state index contributed by atoms with van der Waals surface area (Å²) in [6.45, 7) is 4.38. The highest BCUT2D eigenvalue weighted by Gasteiger charge is 2.12. The van der Waals surface area contributed by atoms with Crippen molar-refractivity contribution in [1.29, 1.82) is 0 Å². The number of ether oxygens (including phenoxy) is 3. The molecule has 1 amide bonds. The van der Waals surface area contributed by atoms with Gasteiger partial charge in [-0.25, -0.2) is 0 Å². The normalized spacial score (nSPS) is 10.2. The van der Waals surface area contributed by atoms with Gasteiger partial charge in [0.05, 0.1) is 19.6 Å². The van der Waals surface area contributed by atoms with Crippen LogP contribution < -0.4 is 14.8 Å². The number of benzene rings is 2. The minimum Gasteiger partial charge on any atom is -0.490 e. The van der Waals surface area contributed by atoms with Gasteiger partial charge in [0, 0.05) is 10.7 Å². The van der Waals surface area contributed by atoms with Gasteiger partial charge >= 0.3 is 5.97 Å². The topological polar surface area (TPSA) is 73.9 Å². The molecule has 2 rings (SSSR count). The third-order valence-corrected chi connectivity index (χ3v) is 3.66. The second-order valence-corrected chi connectivity index (χ2v) is 5.98. The number of nitrogens with one attached hydrogen (secondary N) is 1. The minimum atomic E-state index is -0.511. The van der Waals surface area contributed by atoms with Crippen LogP contribution in [0.3, 0.4) is 0 Å². The Labute approximate surface area is 163 Å². The van der Waals surface area contributed by atoms with E-state index < -0.39 is 11.9 Å². The molecule has 0 aliphatic rings. The van der Waals surface area contributed by atoms with Gasteiger partial charge in [0.15, 0.2) is 18.1 Å². The number of hydrogen-bond acceptors (Lipinski definition) is 5. The Balaban J connectivity index is 1.87. The summed E-state index contributed by atoms with van der Waals surface area (Å²) in [5, 5.41) is 3.12. The van der Waals surface area contributed by atoms with Crippen molar-refractivity contribution >= 4 is 29.2 Å². The van der Waals surface area contributed by atoms with E-state index in [0.717, 1.165) is 0 Å². The lowest BCUT2D eigenvalue weighted by Gasteiger charge is -2.12. The summed E-state index contributed by atoms with van der Waals surface area (Å²) in [5.74, 6) is 0.246. The molecule has 2 aromatic carbocycles. The number of amides is 1. The molecule has 0 unspecified atom stereocenters. The molecule has 0 heterocycles. The number of hydrogen-bond donors (Lipinski definition) is 1. The van der Waals surface area contributed by atoms with E-state index >= 15 is 0 Å². The fourth-order valence-electron chi connectivity index (χ4n) is 2.33. The smallest absolute Gasteiger partial charge is 0.310 e. The average molecular weight is 392 g/mol. The summed E-state index contributed by atoms with van der Waals surface area (Å²) in [4.78, 5) is 23.9. The zero-order valence-electron chi connectivity index (χ0n) is 15.3. The maximum absolute atomic E-state index is 12.0.